The minimum absolute atomic E-state index is 0.0316. The van der Waals surface area contributed by atoms with Crippen LogP contribution in [0.5, 0.6) is 5.75 Å². The van der Waals surface area contributed by atoms with Crippen LogP contribution in [0.25, 0.3) is 0 Å². The summed E-state index contributed by atoms with van der Waals surface area (Å²) in [5.74, 6) is -0.491. The summed E-state index contributed by atoms with van der Waals surface area (Å²) in [5, 5.41) is 2.16. The number of carbonyl (C=O) groups is 2. The van der Waals surface area contributed by atoms with Gasteiger partial charge in [-0.25, -0.2) is 9.79 Å². The predicted octanol–water partition coefficient (Wildman–Crippen LogP) is 4.88. The van der Waals surface area contributed by atoms with Gasteiger partial charge < -0.3 is 15.0 Å². The van der Waals surface area contributed by atoms with Gasteiger partial charge in [0.15, 0.2) is 0 Å². The van der Waals surface area contributed by atoms with E-state index >= 15 is 0 Å². The Morgan fingerprint density at radius 1 is 1.32 bits per heavy atom. The van der Waals surface area contributed by atoms with E-state index in [-0.39, 0.29) is 22.5 Å². The maximum absolute atomic E-state index is 12.2. The van der Waals surface area contributed by atoms with Crippen LogP contribution in [-0.2, 0) is 4.79 Å². The number of nitrogens with zero attached hydrogens (tertiary/aromatic N) is 2. The lowest BCUT2D eigenvalue weighted by Crippen LogP contribution is -2.41. The highest BCUT2D eigenvalue weighted by molar-refractivity contribution is 6.32. The van der Waals surface area contributed by atoms with E-state index in [1.54, 1.807) is 4.90 Å². The van der Waals surface area contributed by atoms with Gasteiger partial charge in [0.25, 0.3) is 0 Å². The molecular weight excluding hydrogens is 399 g/mol. The highest BCUT2D eigenvalue weighted by Gasteiger charge is 2.32. The third-order valence-corrected chi connectivity index (χ3v) is 4.65. The molecule has 0 saturated carbocycles. The van der Waals surface area contributed by atoms with Crippen LogP contribution >= 0.6 is 11.6 Å². The molecule has 154 valence electrons. The fraction of sp³-hybridized carbons (Fsp3) is 0.500. The quantitative estimate of drug-likeness (QED) is 0.756. The lowest BCUT2D eigenvalue weighted by Gasteiger charge is -2.29. The highest BCUT2D eigenvalue weighted by atomic mass is 35.5. The van der Waals surface area contributed by atoms with Crippen LogP contribution in [0.3, 0.4) is 0 Å². The second-order valence-electron chi connectivity index (χ2n) is 6.44. The molecule has 1 aliphatic heterocycles. The predicted molar refractivity (Wildman–Crippen MR) is 99.9 cm³/mol. The smallest absolute Gasteiger partial charge is 0.404 e. The van der Waals surface area contributed by atoms with E-state index in [0.717, 1.165) is 18.6 Å². The summed E-state index contributed by atoms with van der Waals surface area (Å²) in [5.41, 5.74) is 0.854. The van der Waals surface area contributed by atoms with Crippen molar-refractivity contribution in [2.75, 3.05) is 18.4 Å². The molecule has 1 aliphatic rings. The number of rotatable bonds is 4. The Morgan fingerprint density at radius 3 is 2.50 bits per heavy atom. The zero-order valence-corrected chi connectivity index (χ0v) is 16.2. The summed E-state index contributed by atoms with van der Waals surface area (Å²) in [6.07, 6.45) is -3.09. The van der Waals surface area contributed by atoms with E-state index in [1.165, 1.54) is 6.07 Å². The van der Waals surface area contributed by atoms with E-state index in [9.17, 15) is 22.8 Å². The summed E-state index contributed by atoms with van der Waals surface area (Å²) in [7, 11) is 0. The Hall–Kier alpha value is -2.29. The molecule has 10 heteroatoms. The molecule has 6 nitrogen and oxygen atoms in total. The first-order valence-corrected chi connectivity index (χ1v) is 9.18. The van der Waals surface area contributed by atoms with Gasteiger partial charge >= 0.3 is 12.4 Å². The van der Waals surface area contributed by atoms with Gasteiger partial charge in [-0.2, -0.15) is 0 Å². The second-order valence-corrected chi connectivity index (χ2v) is 6.84. The molecule has 1 atom stereocenters. The van der Waals surface area contributed by atoms with E-state index in [2.05, 4.69) is 15.0 Å². The fourth-order valence-electron chi connectivity index (χ4n) is 2.66. The normalized spacial score (nSPS) is 15.8. The Kier molecular flexibility index (Phi) is 7.29. The number of nitrogens with one attached hydrogen (secondary N) is 1. The van der Waals surface area contributed by atoms with Crippen LogP contribution < -0.4 is 10.1 Å². The van der Waals surface area contributed by atoms with Gasteiger partial charge in [0.05, 0.1) is 5.02 Å². The Labute approximate surface area is 165 Å². The third-order valence-electron chi connectivity index (χ3n) is 4.35. The van der Waals surface area contributed by atoms with Crippen molar-refractivity contribution in [1.29, 1.82) is 0 Å². The van der Waals surface area contributed by atoms with Crippen molar-refractivity contribution < 1.29 is 27.5 Å². The largest absolute Gasteiger partial charge is 0.573 e. The van der Waals surface area contributed by atoms with Crippen molar-refractivity contribution in [1.82, 2.24) is 4.90 Å². The summed E-state index contributed by atoms with van der Waals surface area (Å²) in [4.78, 5) is 29.9. The van der Waals surface area contributed by atoms with E-state index in [4.69, 9.17) is 11.6 Å². The minimum atomic E-state index is -4.86. The third kappa shape index (κ3) is 6.40. The number of hydrogen-bond donors (Lipinski definition) is 1. The molecule has 0 bridgehead atoms. The van der Waals surface area contributed by atoms with Crippen molar-refractivity contribution in [3.63, 3.8) is 0 Å². The molecule has 28 heavy (non-hydrogen) atoms. The average Bonchev–Trinajstić information content (AvgIpc) is 2.62. The summed E-state index contributed by atoms with van der Waals surface area (Å²) < 4.78 is 40.5. The first-order valence-electron chi connectivity index (χ1n) is 8.80. The van der Waals surface area contributed by atoms with Crippen molar-refractivity contribution in [3.8, 4) is 5.75 Å². The van der Waals surface area contributed by atoms with Crippen molar-refractivity contribution in [2.45, 2.75) is 39.5 Å². The zero-order valence-electron chi connectivity index (χ0n) is 15.5. The minimum Gasteiger partial charge on any atom is -0.404 e. The van der Waals surface area contributed by atoms with Crippen LogP contribution in [0.2, 0.25) is 5.02 Å². The first-order chi connectivity index (χ1) is 13.1. The topological polar surface area (TPSA) is 71.0 Å². The lowest BCUT2D eigenvalue weighted by atomic mass is 10.0. The fourth-order valence-corrected chi connectivity index (χ4v) is 2.88. The first kappa shape index (κ1) is 22.0. The van der Waals surface area contributed by atoms with Gasteiger partial charge in [0.2, 0.25) is 5.91 Å². The van der Waals surface area contributed by atoms with Crippen molar-refractivity contribution in [2.24, 2.45) is 10.9 Å². The van der Waals surface area contributed by atoms with Crippen LogP contribution in [0, 0.1) is 5.92 Å². The standard InChI is InChI=1S/C18H21ClF3N3O3/c1-3-11(2)16(26)25-8-6-12(7-9-25)23-17(27)24-13-4-5-15(14(19)10-13)28-18(20,21)22/h4-5,10-11H,3,6-9H2,1-2H3,(H,24,27)/t11-/m0/s1. The molecule has 1 aromatic rings. The Morgan fingerprint density at radius 2 is 1.96 bits per heavy atom. The molecule has 1 aromatic carbocycles. The van der Waals surface area contributed by atoms with Crippen LogP contribution in [0.4, 0.5) is 23.7 Å². The maximum atomic E-state index is 12.2. The lowest BCUT2D eigenvalue weighted by molar-refractivity contribution is -0.274. The number of anilines is 1. The zero-order chi connectivity index (χ0) is 20.9. The monoisotopic (exact) mass is 419 g/mol. The molecule has 1 N–H and O–H groups in total. The number of ether oxygens (including phenoxy) is 1. The molecule has 0 aliphatic carbocycles. The molecule has 0 unspecified atom stereocenters. The highest BCUT2D eigenvalue weighted by Crippen LogP contribution is 2.32. The van der Waals surface area contributed by atoms with Crippen LogP contribution in [0.15, 0.2) is 23.2 Å². The molecular formula is C18H21ClF3N3O3. The van der Waals surface area contributed by atoms with E-state index in [0.29, 0.717) is 31.6 Å². The summed E-state index contributed by atoms with van der Waals surface area (Å²) in [6, 6.07) is 2.74. The Balaban J connectivity index is 1.92. The van der Waals surface area contributed by atoms with Gasteiger partial charge in [-0.3, -0.25) is 4.79 Å². The Bertz CT molecular complexity index is 758. The number of aliphatic imine (C=N–C) groups is 1. The number of alkyl halides is 3. The number of amides is 3. The number of piperidine rings is 1. The number of halogens is 4. The van der Waals surface area contributed by atoms with Gasteiger partial charge in [-0.1, -0.05) is 25.4 Å². The molecule has 0 spiro atoms. The molecule has 0 radical (unpaired) electrons. The van der Waals surface area contributed by atoms with Gasteiger partial charge in [-0.15, -0.1) is 13.2 Å². The van der Waals surface area contributed by atoms with E-state index < -0.39 is 18.1 Å². The number of urea groups is 1. The molecule has 1 saturated heterocycles. The van der Waals surface area contributed by atoms with Crippen LogP contribution in [0.1, 0.15) is 33.1 Å². The van der Waals surface area contributed by atoms with Crippen molar-refractivity contribution >= 4 is 34.9 Å². The summed E-state index contributed by atoms with van der Waals surface area (Å²) in [6.45, 7) is 4.85. The SMILES string of the molecule is CC[C@H](C)C(=O)N1CCC(=NC(=O)Nc2ccc(OC(F)(F)F)c(Cl)c2)CC1. The number of carbonyl (C=O) groups excluding carboxylic acids is 2. The van der Waals surface area contributed by atoms with Gasteiger partial charge in [0, 0.05) is 43.2 Å². The maximum Gasteiger partial charge on any atom is 0.573 e. The average molecular weight is 420 g/mol. The number of hydrogen-bond acceptors (Lipinski definition) is 3. The molecule has 0 aromatic heterocycles. The van der Waals surface area contributed by atoms with Gasteiger partial charge in [-0.05, 0) is 24.6 Å². The number of benzene rings is 1. The number of likely N-dealkylation sites (tertiary alicyclic amines) is 1. The molecule has 2 rings (SSSR count). The molecule has 1 fully saturated rings. The molecule has 1 heterocycles. The van der Waals surface area contributed by atoms with Gasteiger partial charge in [0.1, 0.15) is 5.75 Å². The molecule has 3 amide bonds. The van der Waals surface area contributed by atoms with Crippen molar-refractivity contribution in [3.05, 3.63) is 23.2 Å². The van der Waals surface area contributed by atoms with E-state index in [1.807, 2.05) is 13.8 Å². The second kappa shape index (κ2) is 9.27. The summed E-state index contributed by atoms with van der Waals surface area (Å²) >= 11 is 5.74. The van der Waals surface area contributed by atoms with Crippen LogP contribution in [-0.4, -0.2) is 42.0 Å².